The van der Waals surface area contributed by atoms with Crippen LogP contribution in [0.5, 0.6) is 0 Å². The smallest absolute Gasteiger partial charge is 0.326 e. The highest BCUT2D eigenvalue weighted by atomic mass is 16.5. The number of hydrogen-bond donors (Lipinski definition) is 3. The maximum absolute atomic E-state index is 11.7. The number of aliphatic hydroxyl groups is 1. The van der Waals surface area contributed by atoms with Gasteiger partial charge >= 0.3 is 12.0 Å². The molecule has 0 rings (SSSR count). The Morgan fingerprint density at radius 1 is 1.39 bits per heavy atom. The maximum Gasteiger partial charge on any atom is 0.326 e. The quantitative estimate of drug-likeness (QED) is 0.587. The molecular formula is C11H22N2O5. The molecule has 0 saturated heterocycles. The molecule has 0 aromatic rings. The lowest BCUT2D eigenvalue weighted by Gasteiger charge is -2.24. The van der Waals surface area contributed by atoms with E-state index in [0.29, 0.717) is 0 Å². The highest BCUT2D eigenvalue weighted by Crippen LogP contribution is 2.02. The molecule has 2 atom stereocenters. The molecule has 0 heterocycles. The molecule has 0 aliphatic heterocycles. The van der Waals surface area contributed by atoms with Crippen molar-refractivity contribution in [3.05, 3.63) is 0 Å². The van der Waals surface area contributed by atoms with E-state index in [-0.39, 0.29) is 19.1 Å². The number of ether oxygens (including phenoxy) is 1. The minimum absolute atomic E-state index is 0.0735. The van der Waals surface area contributed by atoms with Crippen LogP contribution in [0.4, 0.5) is 4.79 Å². The molecule has 0 aromatic heterocycles. The fourth-order valence-corrected chi connectivity index (χ4v) is 1.40. The van der Waals surface area contributed by atoms with Gasteiger partial charge in [-0.05, 0) is 5.92 Å². The first-order valence-corrected chi connectivity index (χ1v) is 5.71. The first-order valence-electron chi connectivity index (χ1n) is 5.71. The molecule has 18 heavy (non-hydrogen) atoms. The lowest BCUT2D eigenvalue weighted by atomic mass is 10.1. The number of aliphatic carboxylic acids is 1. The third-order valence-electron chi connectivity index (χ3n) is 2.40. The van der Waals surface area contributed by atoms with Crippen molar-refractivity contribution in [2.24, 2.45) is 5.92 Å². The number of nitrogens with zero attached hydrogens (tertiary/aromatic N) is 1. The van der Waals surface area contributed by atoms with E-state index in [1.165, 1.54) is 19.1 Å². The Morgan fingerprint density at radius 3 is 2.33 bits per heavy atom. The summed E-state index contributed by atoms with van der Waals surface area (Å²) in [7, 11) is 2.93. The lowest BCUT2D eigenvalue weighted by molar-refractivity contribution is -0.140. The van der Waals surface area contributed by atoms with E-state index in [4.69, 9.17) is 9.84 Å². The Morgan fingerprint density at radius 2 is 1.94 bits per heavy atom. The van der Waals surface area contributed by atoms with Crippen molar-refractivity contribution in [3.63, 3.8) is 0 Å². The molecule has 0 radical (unpaired) electrons. The molecule has 7 heteroatoms. The Balaban J connectivity index is 4.33. The number of likely N-dealkylation sites (N-methyl/N-ethyl adjacent to an activating group) is 1. The summed E-state index contributed by atoms with van der Waals surface area (Å²) < 4.78 is 4.74. The van der Waals surface area contributed by atoms with Crippen molar-refractivity contribution < 1.29 is 24.5 Å². The van der Waals surface area contributed by atoms with E-state index in [0.717, 1.165) is 0 Å². The van der Waals surface area contributed by atoms with Gasteiger partial charge in [0.25, 0.3) is 0 Å². The summed E-state index contributed by atoms with van der Waals surface area (Å²) in [6.45, 7) is 3.60. The Bertz CT molecular complexity index is 283. The first kappa shape index (κ1) is 16.7. The van der Waals surface area contributed by atoms with Crippen LogP contribution in [-0.2, 0) is 9.53 Å². The normalized spacial score (nSPS) is 14.1. The van der Waals surface area contributed by atoms with Crippen LogP contribution in [0.15, 0.2) is 0 Å². The third-order valence-corrected chi connectivity index (χ3v) is 2.40. The van der Waals surface area contributed by atoms with Gasteiger partial charge in [-0.15, -0.1) is 0 Å². The minimum atomic E-state index is -1.08. The van der Waals surface area contributed by atoms with E-state index in [1.54, 1.807) is 13.8 Å². The van der Waals surface area contributed by atoms with E-state index in [9.17, 15) is 14.7 Å². The van der Waals surface area contributed by atoms with Gasteiger partial charge < -0.3 is 25.2 Å². The van der Waals surface area contributed by atoms with Gasteiger partial charge in [-0.3, -0.25) is 0 Å². The molecule has 2 unspecified atom stereocenters. The van der Waals surface area contributed by atoms with Crippen LogP contribution in [-0.4, -0.2) is 66.6 Å². The molecule has 7 nitrogen and oxygen atoms in total. The highest BCUT2D eigenvalue weighted by molar-refractivity contribution is 5.82. The molecular weight excluding hydrogens is 240 g/mol. The van der Waals surface area contributed by atoms with E-state index in [1.807, 2.05) is 0 Å². The summed E-state index contributed by atoms with van der Waals surface area (Å²) in [6, 6.07) is -1.48. The first-order chi connectivity index (χ1) is 8.29. The van der Waals surface area contributed by atoms with Gasteiger partial charge in [0.05, 0.1) is 19.3 Å². The molecule has 106 valence electrons. The van der Waals surface area contributed by atoms with Crippen molar-refractivity contribution in [2.75, 3.05) is 27.3 Å². The number of hydrogen-bond acceptors (Lipinski definition) is 4. The number of amides is 2. The SMILES string of the molecule is COCC(O)CN(C)C(=O)NC(C(=O)O)C(C)C. The second kappa shape index (κ2) is 7.88. The number of carbonyl (C=O) groups is 2. The number of urea groups is 1. The second-order valence-corrected chi connectivity index (χ2v) is 4.50. The van der Waals surface area contributed by atoms with Crippen LogP contribution >= 0.6 is 0 Å². The Kier molecular flexibility index (Phi) is 7.30. The van der Waals surface area contributed by atoms with Crippen LogP contribution in [0, 0.1) is 5.92 Å². The largest absolute Gasteiger partial charge is 0.480 e. The summed E-state index contributed by atoms with van der Waals surface area (Å²) in [5.74, 6) is -1.30. The van der Waals surface area contributed by atoms with Crippen LogP contribution < -0.4 is 5.32 Å². The monoisotopic (exact) mass is 262 g/mol. The van der Waals surface area contributed by atoms with E-state index in [2.05, 4.69) is 5.32 Å². The van der Waals surface area contributed by atoms with Gasteiger partial charge in [-0.25, -0.2) is 9.59 Å². The van der Waals surface area contributed by atoms with Gasteiger partial charge in [0.2, 0.25) is 0 Å². The second-order valence-electron chi connectivity index (χ2n) is 4.50. The summed E-state index contributed by atoms with van der Waals surface area (Å²) in [6.07, 6.45) is -0.798. The predicted octanol–water partition coefficient (Wildman–Crippen LogP) is -0.256. The zero-order valence-electron chi connectivity index (χ0n) is 11.2. The van der Waals surface area contributed by atoms with Gasteiger partial charge in [0.1, 0.15) is 6.04 Å². The van der Waals surface area contributed by atoms with Crippen molar-refractivity contribution in [3.8, 4) is 0 Å². The van der Waals surface area contributed by atoms with Crippen LogP contribution in [0.3, 0.4) is 0 Å². The standard InChI is InChI=1S/C11H22N2O5/c1-7(2)9(10(15)16)12-11(17)13(3)5-8(14)6-18-4/h7-9,14H,5-6H2,1-4H3,(H,12,17)(H,15,16). The number of methoxy groups -OCH3 is 1. The average molecular weight is 262 g/mol. The number of rotatable bonds is 7. The lowest BCUT2D eigenvalue weighted by Crippen LogP contribution is -2.50. The van der Waals surface area contributed by atoms with Gasteiger partial charge in [0, 0.05) is 14.2 Å². The van der Waals surface area contributed by atoms with Crippen LogP contribution in [0.2, 0.25) is 0 Å². The fourth-order valence-electron chi connectivity index (χ4n) is 1.40. The number of aliphatic hydroxyl groups excluding tert-OH is 1. The minimum Gasteiger partial charge on any atom is -0.480 e. The molecule has 0 aromatic carbocycles. The molecule has 0 saturated carbocycles. The number of carboxylic acid groups (broad SMARTS) is 1. The summed E-state index contributed by atoms with van der Waals surface area (Å²) in [4.78, 5) is 23.8. The van der Waals surface area contributed by atoms with Gasteiger partial charge in [-0.2, -0.15) is 0 Å². The Labute approximate surface area is 107 Å². The molecule has 0 fully saturated rings. The summed E-state index contributed by atoms with van der Waals surface area (Å²) in [5, 5.41) is 20.8. The van der Waals surface area contributed by atoms with Crippen molar-refractivity contribution in [1.82, 2.24) is 10.2 Å². The van der Waals surface area contributed by atoms with Crippen molar-refractivity contribution >= 4 is 12.0 Å². The van der Waals surface area contributed by atoms with Crippen molar-refractivity contribution in [2.45, 2.75) is 26.0 Å². The van der Waals surface area contributed by atoms with Gasteiger partial charge in [-0.1, -0.05) is 13.8 Å². The van der Waals surface area contributed by atoms with E-state index < -0.39 is 24.1 Å². The topological polar surface area (TPSA) is 99.1 Å². The molecule has 0 bridgehead atoms. The third kappa shape index (κ3) is 5.83. The predicted molar refractivity (Wildman–Crippen MR) is 65.3 cm³/mol. The average Bonchev–Trinajstić information content (AvgIpc) is 2.24. The Hall–Kier alpha value is -1.34. The molecule has 0 aliphatic rings. The number of carboxylic acids is 1. The maximum atomic E-state index is 11.7. The molecule has 2 amide bonds. The summed E-state index contributed by atoms with van der Waals surface area (Å²) in [5.41, 5.74) is 0. The molecule has 0 spiro atoms. The zero-order chi connectivity index (χ0) is 14.3. The van der Waals surface area contributed by atoms with E-state index >= 15 is 0 Å². The highest BCUT2D eigenvalue weighted by Gasteiger charge is 2.25. The zero-order valence-corrected chi connectivity index (χ0v) is 11.2. The fraction of sp³-hybridized carbons (Fsp3) is 0.818. The summed E-state index contributed by atoms with van der Waals surface area (Å²) >= 11 is 0. The number of carbonyl (C=O) groups excluding carboxylic acids is 1. The molecule has 0 aliphatic carbocycles. The number of nitrogens with one attached hydrogen (secondary N) is 1. The van der Waals surface area contributed by atoms with Crippen LogP contribution in [0.1, 0.15) is 13.8 Å². The van der Waals surface area contributed by atoms with Crippen LogP contribution in [0.25, 0.3) is 0 Å². The molecule has 3 N–H and O–H groups in total. The van der Waals surface area contributed by atoms with Crippen molar-refractivity contribution in [1.29, 1.82) is 0 Å². The van der Waals surface area contributed by atoms with Gasteiger partial charge in [0.15, 0.2) is 0 Å².